The highest BCUT2D eigenvalue weighted by Gasteiger charge is 2.20. The van der Waals surface area contributed by atoms with E-state index in [9.17, 15) is 4.39 Å². The minimum Gasteiger partial charge on any atom is -0.370 e. The molecule has 1 aliphatic rings. The molecule has 3 rings (SSSR count). The Hall–Kier alpha value is -1.68. The molecule has 0 amide bonds. The first-order valence-electron chi connectivity index (χ1n) is 6.78. The van der Waals surface area contributed by atoms with Crippen LogP contribution in [0, 0.1) is 5.82 Å². The van der Waals surface area contributed by atoms with Gasteiger partial charge in [0.2, 0.25) is 0 Å². The van der Waals surface area contributed by atoms with E-state index in [4.69, 9.17) is 11.6 Å². The number of aryl methyl sites for hydroxylation is 1. The number of benzene rings is 1. The van der Waals surface area contributed by atoms with Crippen LogP contribution in [0.25, 0.3) is 11.4 Å². The topological polar surface area (TPSA) is 37.8 Å². The zero-order valence-corrected chi connectivity index (χ0v) is 12.0. The monoisotopic (exact) mass is 291 g/mol. The Kier molecular flexibility index (Phi) is 3.57. The predicted octanol–water partition coefficient (Wildman–Crippen LogP) is 3.86. The van der Waals surface area contributed by atoms with Crippen molar-refractivity contribution < 1.29 is 4.39 Å². The molecule has 0 aliphatic heterocycles. The third kappa shape index (κ3) is 2.36. The number of hydrogen-bond acceptors (Lipinski definition) is 3. The maximum atomic E-state index is 13.1. The molecule has 0 radical (unpaired) electrons. The van der Waals surface area contributed by atoms with Crippen molar-refractivity contribution in [3.8, 4) is 11.4 Å². The Morgan fingerprint density at radius 1 is 1.30 bits per heavy atom. The first kappa shape index (κ1) is 13.3. The summed E-state index contributed by atoms with van der Waals surface area (Å²) in [6.07, 6.45) is 3.07. The maximum Gasteiger partial charge on any atom is 0.163 e. The van der Waals surface area contributed by atoms with Crippen molar-refractivity contribution >= 4 is 17.4 Å². The molecule has 5 heteroatoms. The van der Waals surface area contributed by atoms with Gasteiger partial charge >= 0.3 is 0 Å². The summed E-state index contributed by atoms with van der Waals surface area (Å²) in [6.45, 7) is 2.84. The van der Waals surface area contributed by atoms with Crippen molar-refractivity contribution in [3.63, 3.8) is 0 Å². The Labute approximate surface area is 122 Å². The Morgan fingerprint density at radius 2 is 2.15 bits per heavy atom. The zero-order valence-electron chi connectivity index (χ0n) is 11.2. The van der Waals surface area contributed by atoms with Gasteiger partial charge in [-0.05, 0) is 44.4 Å². The Balaban J connectivity index is 2.12. The van der Waals surface area contributed by atoms with E-state index in [1.165, 1.54) is 17.7 Å². The van der Waals surface area contributed by atoms with Crippen LogP contribution in [0.5, 0.6) is 0 Å². The van der Waals surface area contributed by atoms with Gasteiger partial charge in [0.25, 0.3) is 0 Å². The highest BCUT2D eigenvalue weighted by atomic mass is 35.5. The molecule has 0 saturated heterocycles. The van der Waals surface area contributed by atoms with E-state index >= 15 is 0 Å². The van der Waals surface area contributed by atoms with Crippen LogP contribution < -0.4 is 5.32 Å². The molecule has 2 aromatic rings. The number of nitrogens with one attached hydrogen (secondary N) is 1. The van der Waals surface area contributed by atoms with Gasteiger partial charge in [-0.15, -0.1) is 0 Å². The molecule has 104 valence electrons. The quantitative estimate of drug-likeness (QED) is 0.933. The van der Waals surface area contributed by atoms with Gasteiger partial charge in [0.15, 0.2) is 5.82 Å². The average Bonchev–Trinajstić information content (AvgIpc) is 2.87. The van der Waals surface area contributed by atoms with Crippen LogP contribution >= 0.6 is 11.6 Å². The molecular formula is C15H15ClFN3. The lowest BCUT2D eigenvalue weighted by Gasteiger charge is -2.11. The van der Waals surface area contributed by atoms with Crippen molar-refractivity contribution in [2.24, 2.45) is 0 Å². The second-order valence-corrected chi connectivity index (χ2v) is 5.24. The first-order valence-corrected chi connectivity index (χ1v) is 7.16. The van der Waals surface area contributed by atoms with Crippen molar-refractivity contribution in [1.82, 2.24) is 9.97 Å². The fraction of sp³-hybridized carbons (Fsp3) is 0.333. The minimum atomic E-state index is -0.355. The third-order valence-electron chi connectivity index (χ3n) is 3.45. The number of anilines is 1. The lowest BCUT2D eigenvalue weighted by molar-refractivity contribution is 0.628. The van der Waals surface area contributed by atoms with E-state index in [1.807, 2.05) is 6.92 Å². The average molecular weight is 292 g/mol. The first-order chi connectivity index (χ1) is 9.69. The summed E-state index contributed by atoms with van der Waals surface area (Å²) >= 11 is 6.10. The molecule has 20 heavy (non-hydrogen) atoms. The van der Waals surface area contributed by atoms with E-state index in [1.54, 1.807) is 6.07 Å². The number of hydrogen-bond donors (Lipinski definition) is 1. The molecule has 0 spiro atoms. The van der Waals surface area contributed by atoms with Crippen LogP contribution in [0.4, 0.5) is 10.2 Å². The highest BCUT2D eigenvalue weighted by molar-refractivity contribution is 6.33. The van der Waals surface area contributed by atoms with Crippen LogP contribution in [-0.2, 0) is 12.8 Å². The summed E-state index contributed by atoms with van der Waals surface area (Å²) < 4.78 is 13.1. The number of halogens is 2. The predicted molar refractivity (Wildman–Crippen MR) is 78.6 cm³/mol. The summed E-state index contributed by atoms with van der Waals surface area (Å²) in [6, 6.07) is 4.30. The summed E-state index contributed by atoms with van der Waals surface area (Å²) in [5.41, 5.74) is 2.95. The molecule has 1 N–H and O–H groups in total. The van der Waals surface area contributed by atoms with Gasteiger partial charge in [0, 0.05) is 23.4 Å². The zero-order chi connectivity index (χ0) is 14.1. The molecule has 3 nitrogen and oxygen atoms in total. The van der Waals surface area contributed by atoms with E-state index in [0.717, 1.165) is 37.3 Å². The van der Waals surface area contributed by atoms with Crippen molar-refractivity contribution in [2.45, 2.75) is 26.2 Å². The lowest BCUT2D eigenvalue weighted by Crippen LogP contribution is -2.06. The van der Waals surface area contributed by atoms with Gasteiger partial charge < -0.3 is 5.32 Å². The molecule has 0 saturated carbocycles. The van der Waals surface area contributed by atoms with E-state index < -0.39 is 0 Å². The molecule has 1 heterocycles. The number of rotatable bonds is 3. The van der Waals surface area contributed by atoms with E-state index in [0.29, 0.717) is 16.4 Å². The highest BCUT2D eigenvalue weighted by Crippen LogP contribution is 2.32. The summed E-state index contributed by atoms with van der Waals surface area (Å²) in [4.78, 5) is 9.16. The molecule has 1 aliphatic carbocycles. The third-order valence-corrected chi connectivity index (χ3v) is 3.76. The van der Waals surface area contributed by atoms with E-state index in [2.05, 4.69) is 15.3 Å². The number of nitrogens with zero attached hydrogens (tertiary/aromatic N) is 2. The molecule has 0 bridgehead atoms. The Bertz CT molecular complexity index is 658. The van der Waals surface area contributed by atoms with Gasteiger partial charge in [-0.1, -0.05) is 11.6 Å². The molecule has 1 aromatic carbocycles. The van der Waals surface area contributed by atoms with Crippen LogP contribution in [0.3, 0.4) is 0 Å². The van der Waals surface area contributed by atoms with Crippen molar-refractivity contribution in [2.75, 3.05) is 11.9 Å². The second kappa shape index (κ2) is 5.37. The van der Waals surface area contributed by atoms with Gasteiger partial charge in [-0.3, -0.25) is 0 Å². The van der Waals surface area contributed by atoms with E-state index in [-0.39, 0.29) is 5.82 Å². The Morgan fingerprint density at radius 3 is 2.90 bits per heavy atom. The molecule has 0 unspecified atom stereocenters. The molecule has 0 fully saturated rings. The molecular weight excluding hydrogens is 277 g/mol. The van der Waals surface area contributed by atoms with Gasteiger partial charge in [-0.2, -0.15) is 0 Å². The molecule has 0 atom stereocenters. The summed E-state index contributed by atoms with van der Waals surface area (Å²) in [5.74, 6) is 1.09. The smallest absolute Gasteiger partial charge is 0.163 e. The fourth-order valence-corrected chi connectivity index (χ4v) is 2.79. The van der Waals surface area contributed by atoms with Crippen LogP contribution in [0.1, 0.15) is 24.6 Å². The van der Waals surface area contributed by atoms with Gasteiger partial charge in [0.1, 0.15) is 11.6 Å². The fourth-order valence-electron chi connectivity index (χ4n) is 2.54. The maximum absolute atomic E-state index is 13.1. The van der Waals surface area contributed by atoms with Gasteiger partial charge in [0.05, 0.1) is 5.02 Å². The summed E-state index contributed by atoms with van der Waals surface area (Å²) in [7, 11) is 0. The van der Waals surface area contributed by atoms with Crippen molar-refractivity contribution in [1.29, 1.82) is 0 Å². The van der Waals surface area contributed by atoms with Crippen LogP contribution in [-0.4, -0.2) is 16.5 Å². The van der Waals surface area contributed by atoms with Gasteiger partial charge in [-0.25, -0.2) is 14.4 Å². The normalized spacial score (nSPS) is 13.3. The lowest BCUT2D eigenvalue weighted by atomic mass is 10.1. The summed E-state index contributed by atoms with van der Waals surface area (Å²) in [5, 5.41) is 3.62. The second-order valence-electron chi connectivity index (χ2n) is 4.83. The molecule has 1 aromatic heterocycles. The standard InChI is InChI=1S/C15H15ClFN3/c1-2-18-14-11-4-3-5-13(11)19-15(20-14)10-7-6-9(17)8-12(10)16/h6-8H,2-5H2,1H3,(H,18,19,20). The SMILES string of the molecule is CCNc1nc(-c2ccc(F)cc2Cl)nc2c1CCC2. The van der Waals surface area contributed by atoms with Crippen LogP contribution in [0.15, 0.2) is 18.2 Å². The van der Waals surface area contributed by atoms with Crippen LogP contribution in [0.2, 0.25) is 5.02 Å². The largest absolute Gasteiger partial charge is 0.370 e. The minimum absolute atomic E-state index is 0.338. The van der Waals surface area contributed by atoms with Crippen molar-refractivity contribution in [3.05, 3.63) is 40.3 Å². The number of fused-ring (bicyclic) bond motifs is 1. The number of aromatic nitrogens is 2.